The molecule has 4 nitrogen and oxygen atoms in total. The van der Waals surface area contributed by atoms with Crippen molar-refractivity contribution in [3.63, 3.8) is 0 Å². The van der Waals surface area contributed by atoms with Crippen LogP contribution in [0.3, 0.4) is 0 Å². The lowest BCUT2D eigenvalue weighted by Crippen LogP contribution is -2.27. The van der Waals surface area contributed by atoms with Crippen molar-refractivity contribution in [2.45, 2.75) is 20.8 Å². The van der Waals surface area contributed by atoms with Gasteiger partial charge in [-0.15, -0.1) is 0 Å². The van der Waals surface area contributed by atoms with Crippen molar-refractivity contribution in [2.75, 3.05) is 25.6 Å². The minimum absolute atomic E-state index is 0.677. The van der Waals surface area contributed by atoms with E-state index in [1.165, 1.54) is 0 Å². The van der Waals surface area contributed by atoms with Crippen molar-refractivity contribution in [3.8, 4) is 0 Å². The predicted octanol–water partition coefficient (Wildman–Crippen LogP) is 2.08. The van der Waals surface area contributed by atoms with E-state index in [0.29, 0.717) is 19.8 Å². The molecule has 0 radical (unpaired) electrons. The second kappa shape index (κ2) is 11.6. The summed E-state index contributed by atoms with van der Waals surface area (Å²) in [5.41, 5.74) is 6.18. The molecule has 1 aromatic rings. The second-order valence-corrected chi connectivity index (χ2v) is 4.64. The Bertz CT molecular complexity index is 245. The van der Waals surface area contributed by atoms with Gasteiger partial charge < -0.3 is 19.0 Å². The first kappa shape index (κ1) is 16.1. The number of hydrogen-bond donors (Lipinski definition) is 1. The summed E-state index contributed by atoms with van der Waals surface area (Å²) in [5, 5.41) is 0. The van der Waals surface area contributed by atoms with Crippen molar-refractivity contribution in [1.82, 2.24) is 0 Å². The van der Waals surface area contributed by atoms with Gasteiger partial charge >= 0.3 is 9.53 Å². The summed E-state index contributed by atoms with van der Waals surface area (Å²) in [4.78, 5) is 0. The summed E-state index contributed by atoms with van der Waals surface area (Å²) in [5.74, 6) is 0. The highest BCUT2D eigenvalue weighted by molar-refractivity contribution is 6.36. The number of nitrogen functional groups attached to an aromatic ring is 1. The topological polar surface area (TPSA) is 53.7 Å². The van der Waals surface area contributed by atoms with E-state index in [-0.39, 0.29) is 0 Å². The molecular formula is C12H23NO3Si. The molecule has 0 saturated heterocycles. The Kier molecular flexibility index (Phi) is 11.0. The fraction of sp³-hybridized carbons (Fsp3) is 0.500. The van der Waals surface area contributed by atoms with E-state index in [1.54, 1.807) is 0 Å². The number of hydrogen-bond acceptors (Lipinski definition) is 4. The molecule has 0 amide bonds. The minimum atomic E-state index is -1.73. The van der Waals surface area contributed by atoms with Gasteiger partial charge in [0.25, 0.3) is 0 Å². The van der Waals surface area contributed by atoms with Crippen LogP contribution in [0.5, 0.6) is 0 Å². The molecule has 1 aromatic carbocycles. The molecule has 1 rings (SSSR count). The molecule has 0 aliphatic carbocycles. The van der Waals surface area contributed by atoms with E-state index >= 15 is 0 Å². The van der Waals surface area contributed by atoms with Gasteiger partial charge in [-0.25, -0.2) is 0 Å². The van der Waals surface area contributed by atoms with E-state index in [0.717, 1.165) is 5.69 Å². The van der Waals surface area contributed by atoms with Crippen LogP contribution in [0.4, 0.5) is 5.69 Å². The van der Waals surface area contributed by atoms with Crippen molar-refractivity contribution in [1.29, 1.82) is 0 Å². The summed E-state index contributed by atoms with van der Waals surface area (Å²) in [6, 6.07) is 9.49. The van der Waals surface area contributed by atoms with Crippen LogP contribution in [0, 0.1) is 0 Å². The standard InChI is InChI=1S/C6H7N.C6H16O3Si/c7-6-4-2-1-3-5-6;1-4-7-10(8-5-2)9-6-3/h1-5H,7H2;10H,4-6H2,1-3H3. The molecule has 0 aliphatic rings. The van der Waals surface area contributed by atoms with Gasteiger partial charge in [-0.2, -0.15) is 0 Å². The normalized spacial score (nSPS) is 9.88. The fourth-order valence-electron chi connectivity index (χ4n) is 1.01. The van der Waals surface area contributed by atoms with Crippen molar-refractivity contribution >= 4 is 15.2 Å². The summed E-state index contributed by atoms with van der Waals surface area (Å²) >= 11 is 0. The van der Waals surface area contributed by atoms with E-state index in [1.807, 2.05) is 51.1 Å². The zero-order chi connectivity index (χ0) is 12.9. The molecule has 0 unspecified atom stereocenters. The van der Waals surface area contributed by atoms with Crippen molar-refractivity contribution in [2.24, 2.45) is 0 Å². The predicted molar refractivity (Wildman–Crippen MR) is 72.9 cm³/mol. The minimum Gasteiger partial charge on any atom is -0.399 e. The zero-order valence-electron chi connectivity index (χ0n) is 10.9. The lowest BCUT2D eigenvalue weighted by Gasteiger charge is -2.12. The highest BCUT2D eigenvalue weighted by atomic mass is 28.3. The van der Waals surface area contributed by atoms with Crippen LogP contribution in [-0.2, 0) is 13.3 Å². The molecule has 0 aliphatic heterocycles. The van der Waals surface area contributed by atoms with Crippen LogP contribution in [-0.4, -0.2) is 29.3 Å². The van der Waals surface area contributed by atoms with Gasteiger partial charge in [0, 0.05) is 25.5 Å². The van der Waals surface area contributed by atoms with Crippen LogP contribution in [0.2, 0.25) is 0 Å². The molecular weight excluding hydrogens is 234 g/mol. The molecule has 0 bridgehead atoms. The number of anilines is 1. The molecule has 5 heteroatoms. The molecule has 2 N–H and O–H groups in total. The van der Waals surface area contributed by atoms with Crippen molar-refractivity contribution < 1.29 is 13.3 Å². The monoisotopic (exact) mass is 257 g/mol. The Morgan fingerprint density at radius 1 is 0.882 bits per heavy atom. The molecule has 0 atom stereocenters. The highest BCUT2D eigenvalue weighted by Gasteiger charge is 2.11. The summed E-state index contributed by atoms with van der Waals surface area (Å²) in [6.45, 7) is 7.86. The highest BCUT2D eigenvalue weighted by Crippen LogP contribution is 1.95. The maximum absolute atomic E-state index is 5.36. The van der Waals surface area contributed by atoms with Gasteiger partial charge in [0.15, 0.2) is 0 Å². The molecule has 0 saturated carbocycles. The van der Waals surface area contributed by atoms with E-state index in [2.05, 4.69) is 0 Å². The average molecular weight is 257 g/mol. The van der Waals surface area contributed by atoms with Crippen LogP contribution in [0.15, 0.2) is 30.3 Å². The third-order valence-electron chi connectivity index (χ3n) is 1.71. The zero-order valence-corrected chi connectivity index (χ0v) is 12.0. The first-order chi connectivity index (χ1) is 8.24. The third kappa shape index (κ3) is 10.0. The van der Waals surface area contributed by atoms with Gasteiger partial charge in [-0.1, -0.05) is 18.2 Å². The SMILES string of the molecule is CCO[SiH](OCC)OCC.Nc1ccccc1. The van der Waals surface area contributed by atoms with Gasteiger partial charge in [0.2, 0.25) is 0 Å². The van der Waals surface area contributed by atoms with E-state index < -0.39 is 9.53 Å². The average Bonchev–Trinajstić information content (AvgIpc) is 2.32. The number of para-hydroxylation sites is 1. The van der Waals surface area contributed by atoms with Crippen LogP contribution in [0.1, 0.15) is 20.8 Å². The quantitative estimate of drug-likeness (QED) is 0.626. The van der Waals surface area contributed by atoms with Crippen molar-refractivity contribution in [3.05, 3.63) is 30.3 Å². The Balaban J connectivity index is 0.000000318. The molecule has 0 spiro atoms. The second-order valence-electron chi connectivity index (χ2n) is 3.07. The van der Waals surface area contributed by atoms with Crippen LogP contribution in [0.25, 0.3) is 0 Å². The molecule has 17 heavy (non-hydrogen) atoms. The van der Waals surface area contributed by atoms with Crippen LogP contribution < -0.4 is 5.73 Å². The summed E-state index contributed by atoms with van der Waals surface area (Å²) in [7, 11) is -1.73. The first-order valence-electron chi connectivity index (χ1n) is 5.89. The van der Waals surface area contributed by atoms with Gasteiger partial charge in [-0.05, 0) is 32.9 Å². The largest absolute Gasteiger partial charge is 0.484 e. The molecule has 0 heterocycles. The molecule has 0 fully saturated rings. The third-order valence-corrected chi connectivity index (χ3v) is 3.52. The van der Waals surface area contributed by atoms with Crippen LogP contribution >= 0.6 is 0 Å². The Morgan fingerprint density at radius 2 is 1.29 bits per heavy atom. The van der Waals surface area contributed by atoms with E-state index in [9.17, 15) is 0 Å². The smallest absolute Gasteiger partial charge is 0.399 e. The van der Waals surface area contributed by atoms with Gasteiger partial charge in [-0.3, -0.25) is 0 Å². The number of benzene rings is 1. The van der Waals surface area contributed by atoms with E-state index in [4.69, 9.17) is 19.0 Å². The lowest BCUT2D eigenvalue weighted by molar-refractivity contribution is 0.107. The van der Waals surface area contributed by atoms with Gasteiger partial charge in [0.05, 0.1) is 0 Å². The van der Waals surface area contributed by atoms with Gasteiger partial charge in [0.1, 0.15) is 0 Å². The maximum Gasteiger partial charge on any atom is 0.484 e. The molecule has 98 valence electrons. The summed E-state index contributed by atoms with van der Waals surface area (Å²) < 4.78 is 15.7. The summed E-state index contributed by atoms with van der Waals surface area (Å²) in [6.07, 6.45) is 0. The Morgan fingerprint density at radius 3 is 1.53 bits per heavy atom. The molecule has 0 aromatic heterocycles. The first-order valence-corrected chi connectivity index (χ1v) is 7.31. The number of rotatable bonds is 6. The maximum atomic E-state index is 5.36. The Hall–Kier alpha value is -0.883. The fourth-order valence-corrected chi connectivity index (χ4v) is 2.11. The Labute approximate surface area is 106 Å². The lowest BCUT2D eigenvalue weighted by atomic mass is 10.3. The number of nitrogens with two attached hydrogens (primary N) is 1.